The topological polar surface area (TPSA) is 38.9 Å². The van der Waals surface area contributed by atoms with Crippen LogP contribution in [-0.4, -0.2) is 15.6 Å². The van der Waals surface area contributed by atoms with Crippen molar-refractivity contribution in [2.24, 2.45) is 0 Å². The van der Waals surface area contributed by atoms with Crippen LogP contribution in [0.25, 0.3) is 0 Å². The van der Waals surface area contributed by atoms with Gasteiger partial charge in [0.1, 0.15) is 12.0 Å². The number of nitrogens with zero attached hydrogens (tertiary/aromatic N) is 2. The molecule has 1 rings (SSSR count). The van der Waals surface area contributed by atoms with Crippen LogP contribution in [0.3, 0.4) is 0 Å². The van der Waals surface area contributed by atoms with Gasteiger partial charge in [0.25, 0.3) is 0 Å². The number of aromatic nitrogens is 2. The monoisotopic (exact) mass is 144 g/mol. The molecule has 0 N–H and O–H groups in total. The molecule has 0 spiro atoms. The Morgan fingerprint density at radius 1 is 1.89 bits per heavy atom. The average Bonchev–Trinajstić information content (AvgIpc) is 2.15. The number of rotatable bonds is 2. The second kappa shape index (κ2) is 2.87. The number of hydrogen-bond donors (Lipinski definition) is 1. The van der Waals surface area contributed by atoms with E-state index in [4.69, 9.17) is 0 Å². The molecule has 0 aliphatic rings. The molecular formula is C5H8N2OS. The first-order valence-corrected chi connectivity index (χ1v) is 3.24. The molecule has 0 fully saturated rings. The molecule has 0 amide bonds. The zero-order chi connectivity index (χ0) is 6.69. The van der Waals surface area contributed by atoms with Crippen molar-refractivity contribution in [1.29, 1.82) is 0 Å². The van der Waals surface area contributed by atoms with E-state index in [0.717, 1.165) is 12.1 Å². The largest absolute Gasteiger partial charge is 0.345 e. The van der Waals surface area contributed by atoms with Crippen LogP contribution < -0.4 is 0 Å². The molecule has 1 unspecified atom stereocenters. The molecule has 0 saturated carbocycles. The Balaban J connectivity index is 2.48. The second-order valence-corrected chi connectivity index (χ2v) is 2.83. The Kier molecular flexibility index (Phi) is 2.10. The van der Waals surface area contributed by atoms with Crippen molar-refractivity contribution in [2.75, 3.05) is 0 Å². The van der Waals surface area contributed by atoms with Crippen LogP contribution in [0.5, 0.6) is 0 Å². The summed E-state index contributed by atoms with van der Waals surface area (Å²) in [5, 5.41) is 7.32. The summed E-state index contributed by atoms with van der Waals surface area (Å²) in [6.07, 6.45) is 2.35. The maximum atomic E-state index is 4.52. The lowest BCUT2D eigenvalue weighted by Gasteiger charge is -1.95. The maximum Gasteiger partial charge on any atom is 0.147 e. The third-order valence-corrected chi connectivity index (χ3v) is 1.09. The second-order valence-electron chi connectivity index (χ2n) is 1.95. The summed E-state index contributed by atoms with van der Waals surface area (Å²) in [4.78, 5) is 0. The normalized spacial score (nSPS) is 13.6. The van der Waals surface area contributed by atoms with Gasteiger partial charge in [-0.1, -0.05) is 6.92 Å². The van der Waals surface area contributed by atoms with Gasteiger partial charge in [-0.05, 0) is 0 Å². The Bertz CT molecular complexity index is 161. The number of hydrogen-bond acceptors (Lipinski definition) is 4. The summed E-state index contributed by atoms with van der Waals surface area (Å²) >= 11 is 4.18. The molecule has 0 saturated heterocycles. The summed E-state index contributed by atoms with van der Waals surface area (Å²) in [5.41, 5.74) is 0.859. The van der Waals surface area contributed by atoms with Crippen molar-refractivity contribution in [3.63, 3.8) is 0 Å². The van der Waals surface area contributed by atoms with Gasteiger partial charge in [0.05, 0.1) is 0 Å². The lowest BCUT2D eigenvalue weighted by atomic mass is 10.3. The van der Waals surface area contributed by atoms with Crippen LogP contribution in [0.2, 0.25) is 0 Å². The fraction of sp³-hybridized carbons (Fsp3) is 0.600. The lowest BCUT2D eigenvalue weighted by molar-refractivity contribution is 0.392. The first kappa shape index (κ1) is 6.61. The van der Waals surface area contributed by atoms with Crippen molar-refractivity contribution in [1.82, 2.24) is 10.4 Å². The first-order chi connectivity index (χ1) is 4.29. The van der Waals surface area contributed by atoms with Crippen molar-refractivity contribution >= 4 is 12.6 Å². The van der Waals surface area contributed by atoms with Gasteiger partial charge in [0.2, 0.25) is 0 Å². The third-order valence-electron chi connectivity index (χ3n) is 0.910. The molecule has 9 heavy (non-hydrogen) atoms. The van der Waals surface area contributed by atoms with Gasteiger partial charge in [0, 0.05) is 16.9 Å². The maximum absolute atomic E-state index is 4.52. The minimum absolute atomic E-state index is 0.317. The van der Waals surface area contributed by atoms with Gasteiger partial charge >= 0.3 is 0 Å². The summed E-state index contributed by atoms with van der Waals surface area (Å²) in [6.45, 7) is 2.00. The van der Waals surface area contributed by atoms with Gasteiger partial charge < -0.3 is 4.52 Å². The Morgan fingerprint density at radius 2 is 2.67 bits per heavy atom. The fourth-order valence-corrected chi connectivity index (χ4v) is 0.763. The van der Waals surface area contributed by atoms with Crippen molar-refractivity contribution < 1.29 is 4.52 Å². The van der Waals surface area contributed by atoms with Crippen LogP contribution in [-0.2, 0) is 6.42 Å². The molecule has 0 aliphatic carbocycles. The highest BCUT2D eigenvalue weighted by atomic mass is 32.1. The zero-order valence-corrected chi connectivity index (χ0v) is 6.01. The smallest absolute Gasteiger partial charge is 0.147 e. The van der Waals surface area contributed by atoms with Crippen LogP contribution >= 0.6 is 12.6 Å². The van der Waals surface area contributed by atoms with E-state index in [1.807, 2.05) is 6.92 Å². The van der Waals surface area contributed by atoms with E-state index in [0.29, 0.717) is 5.25 Å². The van der Waals surface area contributed by atoms with E-state index in [1.54, 1.807) is 0 Å². The highest BCUT2D eigenvalue weighted by molar-refractivity contribution is 7.80. The molecule has 1 aromatic rings. The van der Waals surface area contributed by atoms with Gasteiger partial charge in [-0.3, -0.25) is 0 Å². The standard InChI is InChI=1S/C5H8N2OS/c1-4(9)2-5-3-8-7-6-5/h3-4,9H,2H2,1H3. The highest BCUT2D eigenvalue weighted by Crippen LogP contribution is 2.01. The van der Waals surface area contributed by atoms with Crippen LogP contribution in [0.15, 0.2) is 10.8 Å². The molecule has 4 heteroatoms. The molecule has 1 atom stereocenters. The lowest BCUT2D eigenvalue weighted by Crippen LogP contribution is -1.96. The van der Waals surface area contributed by atoms with Crippen molar-refractivity contribution in [3.8, 4) is 0 Å². The quantitative estimate of drug-likeness (QED) is 0.627. The van der Waals surface area contributed by atoms with Crippen LogP contribution in [0.1, 0.15) is 12.6 Å². The van der Waals surface area contributed by atoms with E-state index in [2.05, 4.69) is 27.5 Å². The van der Waals surface area contributed by atoms with E-state index in [1.165, 1.54) is 6.26 Å². The predicted molar refractivity (Wildman–Crippen MR) is 36.5 cm³/mol. The molecule has 0 aromatic carbocycles. The number of thiol groups is 1. The van der Waals surface area contributed by atoms with Crippen LogP contribution in [0, 0.1) is 0 Å². The van der Waals surface area contributed by atoms with Gasteiger partial charge in [-0.15, -0.1) is 5.10 Å². The zero-order valence-electron chi connectivity index (χ0n) is 5.11. The summed E-state index contributed by atoms with van der Waals surface area (Å²) in [7, 11) is 0. The van der Waals surface area contributed by atoms with E-state index < -0.39 is 0 Å². The average molecular weight is 144 g/mol. The Labute approximate surface area is 58.8 Å². The van der Waals surface area contributed by atoms with Crippen LogP contribution in [0.4, 0.5) is 0 Å². The summed E-state index contributed by atoms with van der Waals surface area (Å²) < 4.78 is 4.52. The molecule has 0 bridgehead atoms. The molecular weight excluding hydrogens is 136 g/mol. The Morgan fingerprint density at radius 3 is 3.11 bits per heavy atom. The van der Waals surface area contributed by atoms with Crippen molar-refractivity contribution in [2.45, 2.75) is 18.6 Å². The molecule has 1 aromatic heterocycles. The Hall–Kier alpha value is -0.510. The predicted octanol–water partition coefficient (Wildman–Crippen LogP) is 0.930. The minimum atomic E-state index is 0.317. The SMILES string of the molecule is CC(S)Cc1conn1. The highest BCUT2D eigenvalue weighted by Gasteiger charge is 2.00. The molecule has 1 heterocycles. The third kappa shape index (κ3) is 2.05. The van der Waals surface area contributed by atoms with Crippen molar-refractivity contribution in [3.05, 3.63) is 12.0 Å². The van der Waals surface area contributed by atoms with Gasteiger partial charge in [0.15, 0.2) is 0 Å². The van der Waals surface area contributed by atoms with E-state index >= 15 is 0 Å². The summed E-state index contributed by atoms with van der Waals surface area (Å²) in [6, 6.07) is 0. The van der Waals surface area contributed by atoms with E-state index in [9.17, 15) is 0 Å². The fourth-order valence-electron chi connectivity index (χ4n) is 0.576. The minimum Gasteiger partial charge on any atom is -0.345 e. The van der Waals surface area contributed by atoms with Gasteiger partial charge in [-0.25, -0.2) is 0 Å². The van der Waals surface area contributed by atoms with Gasteiger partial charge in [-0.2, -0.15) is 12.6 Å². The molecule has 50 valence electrons. The molecule has 0 aliphatic heterocycles. The van der Waals surface area contributed by atoms with E-state index in [-0.39, 0.29) is 0 Å². The molecule has 3 nitrogen and oxygen atoms in total. The summed E-state index contributed by atoms with van der Waals surface area (Å²) in [5.74, 6) is 0. The molecule has 0 radical (unpaired) electrons. The first-order valence-electron chi connectivity index (χ1n) is 2.73.